The Morgan fingerprint density at radius 3 is 1.59 bits per heavy atom. The van der Waals surface area contributed by atoms with Gasteiger partial charge in [0.05, 0.1) is 0 Å². The minimum atomic E-state index is 1.29. The fourth-order valence-electron chi connectivity index (χ4n) is 3.03. The third-order valence-corrected chi connectivity index (χ3v) is 4.28. The van der Waals surface area contributed by atoms with Gasteiger partial charge >= 0.3 is 0 Å². The number of aryl methyl sites for hydroxylation is 4. The molecular formula is C22H22. The van der Waals surface area contributed by atoms with Crippen molar-refractivity contribution in [2.24, 2.45) is 0 Å². The average Bonchev–Trinajstić information content (AvgIpc) is 2.48. The van der Waals surface area contributed by atoms with Gasteiger partial charge in [-0.1, -0.05) is 71.8 Å². The van der Waals surface area contributed by atoms with Gasteiger partial charge in [-0.2, -0.15) is 0 Å². The molecule has 0 fully saturated rings. The summed E-state index contributed by atoms with van der Waals surface area (Å²) in [6.07, 6.45) is 0. The van der Waals surface area contributed by atoms with Crippen molar-refractivity contribution in [3.8, 4) is 22.3 Å². The van der Waals surface area contributed by atoms with Gasteiger partial charge in [0.1, 0.15) is 0 Å². The summed E-state index contributed by atoms with van der Waals surface area (Å²) in [5.74, 6) is 0. The van der Waals surface area contributed by atoms with Crippen molar-refractivity contribution in [3.05, 3.63) is 82.9 Å². The van der Waals surface area contributed by atoms with Crippen molar-refractivity contribution in [2.75, 3.05) is 0 Å². The van der Waals surface area contributed by atoms with Crippen LogP contribution in [0.4, 0.5) is 0 Å². The van der Waals surface area contributed by atoms with Gasteiger partial charge in [-0.05, 0) is 61.1 Å². The molecule has 22 heavy (non-hydrogen) atoms. The monoisotopic (exact) mass is 286 g/mol. The molecule has 0 heteroatoms. The quantitative estimate of drug-likeness (QED) is 0.522. The van der Waals surface area contributed by atoms with E-state index in [2.05, 4.69) is 88.4 Å². The van der Waals surface area contributed by atoms with Gasteiger partial charge in [-0.25, -0.2) is 0 Å². The SMILES string of the molecule is Cc1ccc(-c2ccc(-c3ccc(C)cc3C)cc2C)cc1. The molecule has 0 amide bonds. The first kappa shape index (κ1) is 14.6. The number of rotatable bonds is 2. The van der Waals surface area contributed by atoms with Crippen LogP contribution in [0, 0.1) is 27.7 Å². The van der Waals surface area contributed by atoms with E-state index in [4.69, 9.17) is 0 Å². The normalized spacial score (nSPS) is 10.7. The third-order valence-electron chi connectivity index (χ3n) is 4.28. The van der Waals surface area contributed by atoms with Gasteiger partial charge in [0.25, 0.3) is 0 Å². The van der Waals surface area contributed by atoms with Crippen molar-refractivity contribution in [2.45, 2.75) is 27.7 Å². The zero-order valence-corrected chi connectivity index (χ0v) is 13.8. The second kappa shape index (κ2) is 5.81. The van der Waals surface area contributed by atoms with Crippen LogP contribution in [0.15, 0.2) is 60.7 Å². The van der Waals surface area contributed by atoms with E-state index in [1.807, 2.05) is 0 Å². The summed E-state index contributed by atoms with van der Waals surface area (Å²) in [6, 6.07) is 22.2. The standard InChI is InChI=1S/C22H22/c1-15-5-8-19(9-6-15)21-12-10-20(14-18(21)4)22-11-7-16(2)13-17(22)3/h5-14H,1-4H3. The first-order chi connectivity index (χ1) is 10.5. The Labute approximate surface area is 133 Å². The second-order valence-electron chi connectivity index (χ2n) is 6.21. The highest BCUT2D eigenvalue weighted by molar-refractivity contribution is 5.75. The van der Waals surface area contributed by atoms with Crippen LogP contribution in [0.2, 0.25) is 0 Å². The predicted octanol–water partition coefficient (Wildman–Crippen LogP) is 6.25. The number of benzene rings is 3. The second-order valence-corrected chi connectivity index (χ2v) is 6.21. The minimum absolute atomic E-state index is 1.29. The maximum absolute atomic E-state index is 2.30. The topological polar surface area (TPSA) is 0 Å². The van der Waals surface area contributed by atoms with Gasteiger partial charge < -0.3 is 0 Å². The van der Waals surface area contributed by atoms with Crippen molar-refractivity contribution >= 4 is 0 Å². The Balaban J connectivity index is 2.03. The molecule has 0 radical (unpaired) electrons. The van der Waals surface area contributed by atoms with E-state index in [0.29, 0.717) is 0 Å². The Kier molecular flexibility index (Phi) is 3.85. The van der Waals surface area contributed by atoms with Gasteiger partial charge in [0, 0.05) is 0 Å². The Hall–Kier alpha value is -2.34. The molecule has 3 aromatic carbocycles. The molecule has 110 valence electrons. The zero-order chi connectivity index (χ0) is 15.7. The highest BCUT2D eigenvalue weighted by atomic mass is 14.1. The molecule has 0 aliphatic heterocycles. The Morgan fingerprint density at radius 1 is 0.455 bits per heavy atom. The minimum Gasteiger partial charge on any atom is -0.0587 e. The summed E-state index contributed by atoms with van der Waals surface area (Å²) in [6.45, 7) is 8.65. The molecule has 0 aromatic heterocycles. The molecule has 0 unspecified atom stereocenters. The molecule has 0 bridgehead atoms. The lowest BCUT2D eigenvalue weighted by Crippen LogP contribution is -1.88. The summed E-state index contributed by atoms with van der Waals surface area (Å²) in [7, 11) is 0. The summed E-state index contributed by atoms with van der Waals surface area (Å²) in [4.78, 5) is 0. The molecule has 0 nitrogen and oxygen atoms in total. The van der Waals surface area contributed by atoms with Gasteiger partial charge in [0.15, 0.2) is 0 Å². The van der Waals surface area contributed by atoms with Gasteiger partial charge in [0.2, 0.25) is 0 Å². The van der Waals surface area contributed by atoms with Gasteiger partial charge in [-0.3, -0.25) is 0 Å². The number of hydrogen-bond donors (Lipinski definition) is 0. The van der Waals surface area contributed by atoms with Crippen molar-refractivity contribution < 1.29 is 0 Å². The van der Waals surface area contributed by atoms with E-state index >= 15 is 0 Å². The van der Waals surface area contributed by atoms with E-state index in [1.165, 1.54) is 44.5 Å². The molecule has 0 N–H and O–H groups in total. The van der Waals surface area contributed by atoms with E-state index in [9.17, 15) is 0 Å². The van der Waals surface area contributed by atoms with Crippen LogP contribution >= 0.6 is 0 Å². The molecule has 3 rings (SSSR count). The molecule has 0 atom stereocenters. The first-order valence-corrected chi connectivity index (χ1v) is 7.80. The molecule has 0 spiro atoms. The maximum atomic E-state index is 2.30. The van der Waals surface area contributed by atoms with Gasteiger partial charge in [-0.15, -0.1) is 0 Å². The van der Waals surface area contributed by atoms with Crippen LogP contribution in [0.25, 0.3) is 22.3 Å². The lowest BCUT2D eigenvalue weighted by Gasteiger charge is -2.12. The smallest absolute Gasteiger partial charge is 0.0154 e. The maximum Gasteiger partial charge on any atom is -0.0154 e. The van der Waals surface area contributed by atoms with E-state index in [1.54, 1.807) is 0 Å². The fourth-order valence-corrected chi connectivity index (χ4v) is 3.03. The van der Waals surface area contributed by atoms with Crippen LogP contribution in [0.5, 0.6) is 0 Å². The van der Waals surface area contributed by atoms with Crippen molar-refractivity contribution in [1.29, 1.82) is 0 Å². The van der Waals surface area contributed by atoms with E-state index < -0.39 is 0 Å². The highest BCUT2D eigenvalue weighted by Gasteiger charge is 2.06. The largest absolute Gasteiger partial charge is 0.0587 e. The third kappa shape index (κ3) is 2.82. The average molecular weight is 286 g/mol. The molecule has 0 saturated carbocycles. The lowest BCUT2D eigenvalue weighted by atomic mass is 9.93. The van der Waals surface area contributed by atoms with E-state index in [-0.39, 0.29) is 0 Å². The van der Waals surface area contributed by atoms with E-state index in [0.717, 1.165) is 0 Å². The summed E-state index contributed by atoms with van der Waals surface area (Å²) >= 11 is 0. The van der Waals surface area contributed by atoms with Crippen molar-refractivity contribution in [3.63, 3.8) is 0 Å². The van der Waals surface area contributed by atoms with Crippen LogP contribution in [0.3, 0.4) is 0 Å². The van der Waals surface area contributed by atoms with Crippen LogP contribution in [-0.4, -0.2) is 0 Å². The molecular weight excluding hydrogens is 264 g/mol. The van der Waals surface area contributed by atoms with Crippen molar-refractivity contribution in [1.82, 2.24) is 0 Å². The predicted molar refractivity (Wildman–Crippen MR) is 96.3 cm³/mol. The number of hydrogen-bond acceptors (Lipinski definition) is 0. The first-order valence-electron chi connectivity index (χ1n) is 7.80. The van der Waals surface area contributed by atoms with Crippen LogP contribution in [-0.2, 0) is 0 Å². The van der Waals surface area contributed by atoms with Crippen LogP contribution in [0.1, 0.15) is 22.3 Å². The summed E-state index contributed by atoms with van der Waals surface area (Å²) < 4.78 is 0. The molecule has 0 aliphatic rings. The lowest BCUT2D eigenvalue weighted by molar-refractivity contribution is 1.37. The fraction of sp³-hybridized carbons (Fsp3) is 0.182. The summed E-state index contributed by atoms with van der Waals surface area (Å²) in [5.41, 5.74) is 10.5. The molecule has 0 heterocycles. The molecule has 0 aliphatic carbocycles. The summed E-state index contributed by atoms with van der Waals surface area (Å²) in [5, 5.41) is 0. The Bertz CT molecular complexity index is 808. The Morgan fingerprint density at radius 2 is 0.955 bits per heavy atom. The highest BCUT2D eigenvalue weighted by Crippen LogP contribution is 2.30. The molecule has 3 aromatic rings. The van der Waals surface area contributed by atoms with Crippen LogP contribution < -0.4 is 0 Å². The zero-order valence-electron chi connectivity index (χ0n) is 13.8. The molecule has 0 saturated heterocycles.